The predicted octanol–water partition coefficient (Wildman–Crippen LogP) is 17.3. The van der Waals surface area contributed by atoms with Gasteiger partial charge in [0.1, 0.15) is 0 Å². The number of hydrogen-bond donors (Lipinski definition) is 3. The summed E-state index contributed by atoms with van der Waals surface area (Å²) in [6.45, 7) is 4.94. The van der Waals surface area contributed by atoms with Gasteiger partial charge >= 0.3 is 5.97 Å². The molecule has 0 aliphatic rings. The summed E-state index contributed by atoms with van der Waals surface area (Å²) >= 11 is 0. The standard InChI is InChI=1S/C57H111NO5/c1-3-5-7-9-11-13-15-16-17-18-22-25-28-31-35-39-43-47-51-57(62)63-52-48-44-40-36-32-29-26-23-20-19-21-24-27-30-34-38-42-46-50-56(61)58-54(53-59)55(60)49-45-41-37-33-14-12-10-8-6-4-2/h17-18,54-55,59-60H,3-16,19-53H2,1-2H3,(H,58,61)/b18-17-. The predicted molar refractivity (Wildman–Crippen MR) is 273 cm³/mol. The molecule has 0 aliphatic carbocycles. The topological polar surface area (TPSA) is 95.9 Å². The average Bonchev–Trinajstić information content (AvgIpc) is 3.28. The van der Waals surface area contributed by atoms with E-state index in [4.69, 9.17) is 4.74 Å². The van der Waals surface area contributed by atoms with E-state index >= 15 is 0 Å². The largest absolute Gasteiger partial charge is 0.466 e. The summed E-state index contributed by atoms with van der Waals surface area (Å²) in [7, 11) is 0. The number of nitrogens with one attached hydrogen (secondary N) is 1. The van der Waals surface area contributed by atoms with E-state index in [-0.39, 0.29) is 18.5 Å². The summed E-state index contributed by atoms with van der Waals surface area (Å²) in [5.41, 5.74) is 0. The van der Waals surface area contributed by atoms with Crippen LogP contribution in [-0.4, -0.2) is 47.4 Å². The first-order valence-electron chi connectivity index (χ1n) is 28.4. The van der Waals surface area contributed by atoms with Gasteiger partial charge in [-0.3, -0.25) is 9.59 Å². The first-order chi connectivity index (χ1) is 31.0. The highest BCUT2D eigenvalue weighted by Gasteiger charge is 2.20. The molecule has 0 aromatic rings. The monoisotopic (exact) mass is 890 g/mol. The van der Waals surface area contributed by atoms with E-state index in [1.165, 1.54) is 238 Å². The summed E-state index contributed by atoms with van der Waals surface area (Å²) in [6, 6.07) is -0.542. The lowest BCUT2D eigenvalue weighted by atomic mass is 10.0. The van der Waals surface area contributed by atoms with E-state index in [1.807, 2.05) is 0 Å². The maximum absolute atomic E-state index is 12.4. The molecule has 0 spiro atoms. The average molecular weight is 891 g/mol. The Kier molecular flexibility index (Phi) is 52.0. The molecule has 374 valence electrons. The molecule has 0 aromatic heterocycles. The lowest BCUT2D eigenvalue weighted by Gasteiger charge is -2.22. The minimum atomic E-state index is -0.664. The van der Waals surface area contributed by atoms with Crippen molar-refractivity contribution in [2.75, 3.05) is 13.2 Å². The van der Waals surface area contributed by atoms with Crippen molar-refractivity contribution in [3.63, 3.8) is 0 Å². The van der Waals surface area contributed by atoms with Gasteiger partial charge in [-0.25, -0.2) is 0 Å². The van der Waals surface area contributed by atoms with Crippen LogP contribution in [0.2, 0.25) is 0 Å². The summed E-state index contributed by atoms with van der Waals surface area (Å²) in [5, 5.41) is 23.1. The SMILES string of the molecule is CCCCCCCCC/C=C\CCCCCCCCCC(=O)OCCCCCCCCCCCCCCCCCCCCC(=O)NC(CO)C(O)CCCCCCCCCCCC. The Balaban J connectivity index is 3.36. The lowest BCUT2D eigenvalue weighted by molar-refractivity contribution is -0.143. The van der Waals surface area contributed by atoms with Gasteiger partial charge < -0.3 is 20.3 Å². The van der Waals surface area contributed by atoms with E-state index in [2.05, 4.69) is 31.3 Å². The Bertz CT molecular complexity index is 939. The van der Waals surface area contributed by atoms with Gasteiger partial charge in [0.25, 0.3) is 0 Å². The fourth-order valence-corrected chi connectivity index (χ4v) is 8.93. The fraction of sp³-hybridized carbons (Fsp3) is 0.930. The molecule has 2 atom stereocenters. The van der Waals surface area contributed by atoms with Gasteiger partial charge in [0.2, 0.25) is 5.91 Å². The van der Waals surface area contributed by atoms with Crippen LogP contribution in [0, 0.1) is 0 Å². The number of aliphatic hydroxyl groups excluding tert-OH is 2. The molecule has 0 heterocycles. The first kappa shape index (κ1) is 61.6. The molecule has 6 nitrogen and oxygen atoms in total. The molecule has 1 amide bonds. The Morgan fingerprint density at radius 2 is 0.746 bits per heavy atom. The molecule has 3 N–H and O–H groups in total. The van der Waals surface area contributed by atoms with Crippen molar-refractivity contribution in [3.05, 3.63) is 12.2 Å². The molecule has 0 radical (unpaired) electrons. The first-order valence-corrected chi connectivity index (χ1v) is 28.4. The highest BCUT2D eigenvalue weighted by atomic mass is 16.5. The van der Waals surface area contributed by atoms with Gasteiger partial charge in [0.05, 0.1) is 25.4 Å². The summed E-state index contributed by atoms with van der Waals surface area (Å²) < 4.78 is 5.49. The van der Waals surface area contributed by atoms with Gasteiger partial charge in [0.15, 0.2) is 0 Å². The van der Waals surface area contributed by atoms with Crippen LogP contribution in [-0.2, 0) is 14.3 Å². The Labute approximate surface area is 393 Å². The number of aliphatic hydroxyl groups is 2. The van der Waals surface area contributed by atoms with Gasteiger partial charge in [-0.2, -0.15) is 0 Å². The van der Waals surface area contributed by atoms with Gasteiger partial charge in [-0.15, -0.1) is 0 Å². The number of carbonyl (C=O) groups excluding carboxylic acids is 2. The maximum Gasteiger partial charge on any atom is 0.305 e. The zero-order chi connectivity index (χ0) is 45.8. The van der Waals surface area contributed by atoms with Crippen LogP contribution in [0.25, 0.3) is 0 Å². The summed E-state index contributed by atoms with van der Waals surface area (Å²) in [4.78, 5) is 24.5. The second-order valence-corrected chi connectivity index (χ2v) is 19.6. The molecule has 0 aromatic carbocycles. The van der Waals surface area contributed by atoms with Crippen LogP contribution >= 0.6 is 0 Å². The fourth-order valence-electron chi connectivity index (χ4n) is 8.93. The summed E-state index contributed by atoms with van der Waals surface area (Å²) in [5.74, 6) is -0.0350. The third-order valence-corrected chi connectivity index (χ3v) is 13.3. The molecule has 63 heavy (non-hydrogen) atoms. The number of hydrogen-bond acceptors (Lipinski definition) is 5. The number of allylic oxidation sites excluding steroid dienone is 2. The Morgan fingerprint density at radius 1 is 0.429 bits per heavy atom. The van der Waals surface area contributed by atoms with Crippen LogP contribution in [0.15, 0.2) is 12.2 Å². The Hall–Kier alpha value is -1.40. The van der Waals surface area contributed by atoms with Crippen LogP contribution in [0.5, 0.6) is 0 Å². The lowest BCUT2D eigenvalue weighted by Crippen LogP contribution is -2.45. The molecule has 0 fully saturated rings. The van der Waals surface area contributed by atoms with Crippen LogP contribution < -0.4 is 5.32 Å². The molecular formula is C57H111NO5. The van der Waals surface area contributed by atoms with Crippen molar-refractivity contribution in [1.82, 2.24) is 5.32 Å². The van der Waals surface area contributed by atoms with Gasteiger partial charge in [-0.05, 0) is 51.4 Å². The van der Waals surface area contributed by atoms with Gasteiger partial charge in [0, 0.05) is 12.8 Å². The minimum Gasteiger partial charge on any atom is -0.466 e. The molecule has 0 bridgehead atoms. The second kappa shape index (κ2) is 53.2. The van der Waals surface area contributed by atoms with E-state index in [0.717, 1.165) is 44.9 Å². The van der Waals surface area contributed by atoms with E-state index in [1.54, 1.807) is 0 Å². The Morgan fingerprint density at radius 3 is 1.13 bits per heavy atom. The van der Waals surface area contributed by atoms with Crippen LogP contribution in [0.4, 0.5) is 0 Å². The van der Waals surface area contributed by atoms with Crippen molar-refractivity contribution >= 4 is 11.9 Å². The van der Waals surface area contributed by atoms with Crippen molar-refractivity contribution in [3.8, 4) is 0 Å². The number of carbonyl (C=O) groups is 2. The summed E-state index contributed by atoms with van der Waals surface area (Å²) in [6.07, 6.45) is 62.0. The van der Waals surface area contributed by atoms with Crippen LogP contribution in [0.1, 0.15) is 316 Å². The number of rotatable bonds is 53. The highest BCUT2D eigenvalue weighted by Crippen LogP contribution is 2.17. The molecule has 0 saturated carbocycles. The van der Waals surface area contributed by atoms with E-state index in [9.17, 15) is 19.8 Å². The quantitative estimate of drug-likeness (QED) is 0.0321. The maximum atomic E-state index is 12.4. The zero-order valence-electron chi connectivity index (χ0n) is 42.6. The molecule has 6 heteroatoms. The molecular weight excluding hydrogens is 779 g/mol. The second-order valence-electron chi connectivity index (χ2n) is 19.6. The molecule has 2 unspecified atom stereocenters. The van der Waals surface area contributed by atoms with Crippen LogP contribution in [0.3, 0.4) is 0 Å². The number of ether oxygens (including phenoxy) is 1. The molecule has 0 aliphatic heterocycles. The van der Waals surface area contributed by atoms with Gasteiger partial charge in [-0.1, -0.05) is 264 Å². The third-order valence-electron chi connectivity index (χ3n) is 13.3. The number of amides is 1. The van der Waals surface area contributed by atoms with E-state index in [0.29, 0.717) is 25.9 Å². The smallest absolute Gasteiger partial charge is 0.305 e. The minimum absolute atomic E-state index is 0.00471. The van der Waals surface area contributed by atoms with Crippen molar-refractivity contribution < 1.29 is 24.5 Å². The zero-order valence-corrected chi connectivity index (χ0v) is 42.6. The number of unbranched alkanes of at least 4 members (excludes halogenated alkanes) is 40. The van der Waals surface area contributed by atoms with Crippen molar-refractivity contribution in [1.29, 1.82) is 0 Å². The number of esters is 1. The normalized spacial score (nSPS) is 12.6. The van der Waals surface area contributed by atoms with Crippen molar-refractivity contribution in [2.45, 2.75) is 328 Å². The molecule has 0 saturated heterocycles. The third kappa shape index (κ3) is 49.9. The molecule has 0 rings (SSSR count). The highest BCUT2D eigenvalue weighted by molar-refractivity contribution is 5.76. The van der Waals surface area contributed by atoms with Crippen molar-refractivity contribution in [2.24, 2.45) is 0 Å². The van der Waals surface area contributed by atoms with E-state index < -0.39 is 12.1 Å².